The molecule has 0 saturated heterocycles. The number of carbonyl (C=O) groups is 1. The minimum Gasteiger partial charge on any atom is -0.457 e. The van der Waals surface area contributed by atoms with Crippen LogP contribution in [-0.2, 0) is 10.0 Å². The van der Waals surface area contributed by atoms with Gasteiger partial charge in [-0.15, -0.1) is 10.2 Å². The first kappa shape index (κ1) is 29.1. The van der Waals surface area contributed by atoms with Crippen LogP contribution in [0.2, 0.25) is 10.0 Å². The monoisotopic (exact) mass is 622 g/mol. The number of anilines is 2. The third kappa shape index (κ3) is 6.71. The third-order valence-electron chi connectivity index (χ3n) is 6.20. The number of hydrogen-bond donors (Lipinski definition) is 3. The lowest BCUT2D eigenvalue weighted by atomic mass is 10.0. The normalized spacial score (nSPS) is 11.4. The fourth-order valence-electron chi connectivity index (χ4n) is 3.99. The van der Waals surface area contributed by atoms with Crippen LogP contribution >= 0.6 is 23.2 Å². The number of hydrogen-bond acceptors (Lipinski definition) is 7. The summed E-state index contributed by atoms with van der Waals surface area (Å²) in [6.07, 6.45) is 0. The molecule has 4 aromatic carbocycles. The van der Waals surface area contributed by atoms with Gasteiger partial charge in [-0.1, -0.05) is 49.2 Å². The summed E-state index contributed by atoms with van der Waals surface area (Å²) in [5.74, 6) is 0.922. The largest absolute Gasteiger partial charge is 0.457 e. The number of halogens is 2. The van der Waals surface area contributed by atoms with Crippen molar-refractivity contribution in [1.29, 1.82) is 0 Å². The van der Waals surface area contributed by atoms with Crippen LogP contribution in [0.15, 0.2) is 89.8 Å². The van der Waals surface area contributed by atoms with E-state index in [9.17, 15) is 13.2 Å². The van der Waals surface area contributed by atoms with Crippen LogP contribution in [0.25, 0.3) is 11.4 Å². The van der Waals surface area contributed by atoms with E-state index in [-0.39, 0.29) is 33.3 Å². The Labute approximate surface area is 252 Å². The summed E-state index contributed by atoms with van der Waals surface area (Å²) in [6, 6.07) is 22.8. The van der Waals surface area contributed by atoms with E-state index in [1.165, 1.54) is 6.07 Å². The molecule has 0 atom stereocenters. The molecule has 0 bridgehead atoms. The van der Waals surface area contributed by atoms with Gasteiger partial charge in [-0.2, -0.15) is 5.21 Å². The highest BCUT2D eigenvalue weighted by atomic mass is 35.5. The quantitative estimate of drug-likeness (QED) is 0.159. The molecule has 214 valence electrons. The van der Waals surface area contributed by atoms with Crippen LogP contribution in [-0.4, -0.2) is 34.9 Å². The number of tetrazole rings is 1. The van der Waals surface area contributed by atoms with E-state index in [0.717, 1.165) is 5.56 Å². The van der Waals surface area contributed by atoms with Gasteiger partial charge in [0.1, 0.15) is 11.5 Å². The highest BCUT2D eigenvalue weighted by molar-refractivity contribution is 7.92. The second-order valence-electron chi connectivity index (χ2n) is 9.48. The van der Waals surface area contributed by atoms with Crippen LogP contribution in [0.3, 0.4) is 0 Å². The van der Waals surface area contributed by atoms with E-state index in [2.05, 4.69) is 30.7 Å². The van der Waals surface area contributed by atoms with Crippen molar-refractivity contribution >= 4 is 50.5 Å². The van der Waals surface area contributed by atoms with Gasteiger partial charge in [0.05, 0.1) is 26.7 Å². The summed E-state index contributed by atoms with van der Waals surface area (Å²) in [4.78, 5) is 12.7. The Bertz CT molecular complexity index is 1830. The number of rotatable bonds is 9. The van der Waals surface area contributed by atoms with Gasteiger partial charge in [0.15, 0.2) is 0 Å². The predicted molar refractivity (Wildman–Crippen MR) is 162 cm³/mol. The molecular weight excluding hydrogens is 599 g/mol. The van der Waals surface area contributed by atoms with E-state index in [1.807, 2.05) is 13.8 Å². The maximum atomic E-state index is 13.2. The third-order valence-corrected chi connectivity index (χ3v) is 8.13. The van der Waals surface area contributed by atoms with Gasteiger partial charge in [0.2, 0.25) is 5.82 Å². The molecule has 0 spiro atoms. The Kier molecular flexibility index (Phi) is 8.44. The van der Waals surface area contributed by atoms with Crippen LogP contribution < -0.4 is 14.8 Å². The molecule has 1 heterocycles. The van der Waals surface area contributed by atoms with Gasteiger partial charge in [0.25, 0.3) is 15.9 Å². The number of carbonyl (C=O) groups excluding carboxylic acids is 1. The highest BCUT2D eigenvalue weighted by Crippen LogP contribution is 2.33. The summed E-state index contributed by atoms with van der Waals surface area (Å²) >= 11 is 12.0. The van der Waals surface area contributed by atoms with E-state index in [0.29, 0.717) is 33.3 Å². The molecule has 1 aromatic heterocycles. The molecule has 0 aliphatic carbocycles. The molecule has 13 heteroatoms. The molecular formula is C29H24Cl2N6O4S. The van der Waals surface area contributed by atoms with Crippen molar-refractivity contribution in [1.82, 2.24) is 20.6 Å². The molecule has 0 aliphatic rings. The van der Waals surface area contributed by atoms with Crippen molar-refractivity contribution < 1.29 is 17.9 Å². The smallest absolute Gasteiger partial charge is 0.261 e. The fourth-order valence-corrected chi connectivity index (χ4v) is 5.56. The summed E-state index contributed by atoms with van der Waals surface area (Å²) in [5, 5.41) is 17.4. The number of benzene rings is 4. The van der Waals surface area contributed by atoms with Gasteiger partial charge >= 0.3 is 0 Å². The van der Waals surface area contributed by atoms with E-state index >= 15 is 0 Å². The molecule has 3 N–H and O–H groups in total. The second-order valence-corrected chi connectivity index (χ2v) is 12.0. The average Bonchev–Trinajstić information content (AvgIpc) is 3.50. The lowest BCUT2D eigenvalue weighted by Gasteiger charge is -2.14. The van der Waals surface area contributed by atoms with E-state index in [1.54, 1.807) is 78.9 Å². The van der Waals surface area contributed by atoms with Gasteiger partial charge < -0.3 is 10.1 Å². The van der Waals surface area contributed by atoms with Crippen molar-refractivity contribution in [3.63, 3.8) is 0 Å². The predicted octanol–water partition coefficient (Wildman–Crippen LogP) is 7.14. The first-order chi connectivity index (χ1) is 20.1. The first-order valence-electron chi connectivity index (χ1n) is 12.6. The molecule has 5 rings (SSSR count). The summed E-state index contributed by atoms with van der Waals surface area (Å²) in [7, 11) is -3.91. The number of nitrogens with zero attached hydrogens (tertiary/aromatic N) is 3. The molecule has 42 heavy (non-hydrogen) atoms. The van der Waals surface area contributed by atoms with Crippen molar-refractivity contribution in [2.75, 3.05) is 10.0 Å². The molecule has 0 radical (unpaired) electrons. The lowest BCUT2D eigenvalue weighted by Crippen LogP contribution is -2.14. The average molecular weight is 624 g/mol. The highest BCUT2D eigenvalue weighted by Gasteiger charge is 2.20. The molecule has 0 aliphatic heterocycles. The molecule has 0 saturated carbocycles. The number of nitrogens with one attached hydrogen (secondary N) is 3. The van der Waals surface area contributed by atoms with Crippen LogP contribution in [0.4, 0.5) is 11.4 Å². The second kappa shape index (κ2) is 12.2. The zero-order chi connectivity index (χ0) is 29.9. The van der Waals surface area contributed by atoms with E-state index < -0.39 is 10.0 Å². The number of ether oxygens (including phenoxy) is 1. The molecule has 0 unspecified atom stereocenters. The number of H-pyrrole nitrogens is 1. The van der Waals surface area contributed by atoms with Gasteiger partial charge in [-0.25, -0.2) is 8.42 Å². The van der Waals surface area contributed by atoms with Gasteiger partial charge in [-0.05, 0) is 89.5 Å². The maximum absolute atomic E-state index is 13.2. The first-order valence-corrected chi connectivity index (χ1v) is 14.9. The van der Waals surface area contributed by atoms with Crippen molar-refractivity contribution in [3.8, 4) is 22.9 Å². The Morgan fingerprint density at radius 3 is 2.26 bits per heavy atom. The lowest BCUT2D eigenvalue weighted by molar-refractivity contribution is 0.102. The van der Waals surface area contributed by atoms with Gasteiger partial charge in [0, 0.05) is 10.7 Å². The maximum Gasteiger partial charge on any atom is 0.261 e. The minimum atomic E-state index is -3.91. The van der Waals surface area contributed by atoms with Crippen molar-refractivity contribution in [2.45, 2.75) is 24.7 Å². The van der Waals surface area contributed by atoms with E-state index in [4.69, 9.17) is 27.9 Å². The van der Waals surface area contributed by atoms with Crippen molar-refractivity contribution in [3.05, 3.63) is 106 Å². The molecule has 0 fully saturated rings. The molecule has 1 amide bonds. The standard InChI is InChI=1S/C29H24Cl2N6O4S/c1-17(2)18-3-11-23(12-4-18)42(39,40)35-27-14-10-22(16-25(27)28-33-36-37-34-28)41-21-8-6-20(7-9-21)32-29(38)24-13-5-19(30)15-26(24)31/h3-17,35H,1-2H3,(H,32,38)(H,33,34,36,37). The Morgan fingerprint density at radius 2 is 1.62 bits per heavy atom. The number of sulfonamides is 1. The number of aromatic amines is 1. The number of amides is 1. The van der Waals surface area contributed by atoms with Crippen molar-refractivity contribution in [2.24, 2.45) is 0 Å². The Hall–Kier alpha value is -4.45. The SMILES string of the molecule is CC(C)c1ccc(S(=O)(=O)Nc2ccc(Oc3ccc(NC(=O)c4ccc(Cl)cc4Cl)cc3)cc2-c2nn[nH]n2)cc1. The fraction of sp³-hybridized carbons (Fsp3) is 0.103. The molecule has 10 nitrogen and oxygen atoms in total. The zero-order valence-corrected chi connectivity index (χ0v) is 24.6. The summed E-state index contributed by atoms with van der Waals surface area (Å²) < 4.78 is 34.9. The van der Waals surface area contributed by atoms with Crippen LogP contribution in [0.1, 0.15) is 35.7 Å². The number of aromatic nitrogens is 4. The summed E-state index contributed by atoms with van der Waals surface area (Å²) in [5.41, 5.74) is 2.45. The molecule has 5 aromatic rings. The Morgan fingerprint density at radius 1 is 0.905 bits per heavy atom. The topological polar surface area (TPSA) is 139 Å². The van der Waals surface area contributed by atoms with Crippen LogP contribution in [0, 0.1) is 0 Å². The minimum absolute atomic E-state index is 0.122. The zero-order valence-electron chi connectivity index (χ0n) is 22.3. The van der Waals surface area contributed by atoms with Gasteiger partial charge in [-0.3, -0.25) is 9.52 Å². The Balaban J connectivity index is 1.34. The summed E-state index contributed by atoms with van der Waals surface area (Å²) in [6.45, 7) is 4.07. The van der Waals surface area contributed by atoms with Crippen LogP contribution in [0.5, 0.6) is 11.5 Å².